The lowest BCUT2D eigenvalue weighted by molar-refractivity contribution is -0.175. The molecule has 0 radical (unpaired) electrons. The zero-order chi connectivity index (χ0) is 24.5. The lowest BCUT2D eigenvalue weighted by atomic mass is 9.44. The number of carbonyl (C=O) groups excluding carboxylic acids is 1. The van der Waals surface area contributed by atoms with Crippen molar-refractivity contribution in [2.45, 2.75) is 111 Å². The van der Waals surface area contributed by atoms with E-state index in [0.29, 0.717) is 48.9 Å². The molecule has 0 heterocycles. The molecule has 5 nitrogen and oxygen atoms in total. The van der Waals surface area contributed by atoms with Gasteiger partial charge in [-0.1, -0.05) is 41.5 Å². The molecule has 0 aromatic carbocycles. The zero-order valence-electron chi connectivity index (χ0n) is 21.6. The number of ketones is 1. The number of rotatable bonds is 5. The number of carbonyl (C=O) groups is 1. The summed E-state index contributed by atoms with van der Waals surface area (Å²) >= 11 is 0. The van der Waals surface area contributed by atoms with Crippen LogP contribution in [-0.2, 0) is 4.79 Å². The van der Waals surface area contributed by atoms with Gasteiger partial charge in [0.05, 0.1) is 24.4 Å². The molecule has 4 aliphatic carbocycles. The standard InChI is InChI=1S/C28H48O5/c1-14(2)15(3)25(32)26(33)16(4)18-7-8-19-17-11-22(29)21-12-23(30)24(31)13-28(21,6)20(17)9-10-27(18,19)5/h14-21,23-26,30-33H,7-13H2,1-6H3/t15-,16+,17?,18?,19+,20+,21-,23+,24-,25-,26-,27-,28-/m1/s1. The van der Waals surface area contributed by atoms with Gasteiger partial charge in [0.1, 0.15) is 5.78 Å². The van der Waals surface area contributed by atoms with E-state index in [1.165, 1.54) is 0 Å². The van der Waals surface area contributed by atoms with Crippen LogP contribution in [0.15, 0.2) is 0 Å². The van der Waals surface area contributed by atoms with Gasteiger partial charge in [-0.15, -0.1) is 0 Å². The van der Waals surface area contributed by atoms with Gasteiger partial charge >= 0.3 is 0 Å². The van der Waals surface area contributed by atoms with Crippen LogP contribution in [0.5, 0.6) is 0 Å². The van der Waals surface area contributed by atoms with Crippen molar-refractivity contribution < 1.29 is 25.2 Å². The van der Waals surface area contributed by atoms with Crippen molar-refractivity contribution in [3.63, 3.8) is 0 Å². The van der Waals surface area contributed by atoms with E-state index in [-0.39, 0.29) is 34.4 Å². The van der Waals surface area contributed by atoms with E-state index >= 15 is 0 Å². The Hall–Kier alpha value is -0.490. The minimum atomic E-state index is -0.782. The minimum Gasteiger partial charge on any atom is -0.390 e. The van der Waals surface area contributed by atoms with E-state index in [2.05, 4.69) is 34.6 Å². The third-order valence-corrected chi connectivity index (χ3v) is 11.7. The summed E-state index contributed by atoms with van der Waals surface area (Å²) in [6.45, 7) is 12.9. The molecule has 33 heavy (non-hydrogen) atoms. The van der Waals surface area contributed by atoms with Gasteiger partial charge in [0.15, 0.2) is 0 Å². The summed E-state index contributed by atoms with van der Waals surface area (Å²) in [7, 11) is 0. The van der Waals surface area contributed by atoms with Gasteiger partial charge in [-0.2, -0.15) is 0 Å². The maximum absolute atomic E-state index is 13.3. The molecule has 4 fully saturated rings. The zero-order valence-corrected chi connectivity index (χ0v) is 21.6. The smallest absolute Gasteiger partial charge is 0.136 e. The maximum atomic E-state index is 13.3. The Balaban J connectivity index is 1.56. The average Bonchev–Trinajstić information content (AvgIpc) is 3.10. The normalized spacial score (nSPS) is 49.1. The molecule has 0 spiro atoms. The van der Waals surface area contributed by atoms with Crippen LogP contribution in [0.3, 0.4) is 0 Å². The number of hydrogen-bond donors (Lipinski definition) is 4. The number of fused-ring (bicyclic) bond motifs is 5. The first-order chi connectivity index (χ1) is 15.3. The predicted octanol–water partition coefficient (Wildman–Crippen LogP) is 3.81. The Morgan fingerprint density at radius 1 is 0.879 bits per heavy atom. The van der Waals surface area contributed by atoms with E-state index in [1.807, 2.05) is 6.92 Å². The molecule has 4 saturated carbocycles. The monoisotopic (exact) mass is 464 g/mol. The topological polar surface area (TPSA) is 98.0 Å². The van der Waals surface area contributed by atoms with Crippen LogP contribution in [0.1, 0.15) is 86.5 Å². The summed E-state index contributed by atoms with van der Waals surface area (Å²) in [4.78, 5) is 13.3. The molecule has 190 valence electrons. The van der Waals surface area contributed by atoms with Crippen LogP contribution in [0.4, 0.5) is 0 Å². The molecule has 0 aromatic rings. The summed E-state index contributed by atoms with van der Waals surface area (Å²) in [5.41, 5.74) is -0.162. The van der Waals surface area contributed by atoms with E-state index in [9.17, 15) is 25.2 Å². The van der Waals surface area contributed by atoms with Gasteiger partial charge in [0.25, 0.3) is 0 Å². The molecule has 2 unspecified atom stereocenters. The summed E-state index contributed by atoms with van der Waals surface area (Å²) in [5.74, 6) is 2.05. The van der Waals surface area contributed by atoms with Crippen LogP contribution in [-0.4, -0.2) is 50.6 Å². The summed E-state index contributed by atoms with van der Waals surface area (Å²) in [6, 6.07) is 0. The number of aliphatic hydroxyl groups excluding tert-OH is 4. The number of Topliss-reactive ketones (excluding diaryl/α,β-unsaturated/α-hetero) is 1. The SMILES string of the molecule is CC(C)[C@@H](C)[C@@H](O)[C@H](O)[C@@H](C)C1CC[C@H]2C3CC(=O)[C@H]4C[C@H](O)[C@H](O)C[C@]4(C)[C@H]3CC[C@]12C. The van der Waals surface area contributed by atoms with Crippen molar-refractivity contribution in [3.05, 3.63) is 0 Å². The molecule has 0 saturated heterocycles. The highest BCUT2D eigenvalue weighted by atomic mass is 16.3. The lowest BCUT2D eigenvalue weighted by Gasteiger charge is -2.61. The first kappa shape index (κ1) is 25.6. The number of aliphatic hydroxyl groups is 4. The average molecular weight is 465 g/mol. The van der Waals surface area contributed by atoms with Crippen LogP contribution in [0, 0.1) is 58.2 Å². The maximum Gasteiger partial charge on any atom is 0.136 e. The Morgan fingerprint density at radius 2 is 1.52 bits per heavy atom. The van der Waals surface area contributed by atoms with Gasteiger partial charge in [-0.3, -0.25) is 4.79 Å². The van der Waals surface area contributed by atoms with Gasteiger partial charge in [0.2, 0.25) is 0 Å². The fraction of sp³-hybridized carbons (Fsp3) is 0.964. The van der Waals surface area contributed by atoms with Crippen molar-refractivity contribution >= 4 is 5.78 Å². The molecule has 4 aliphatic rings. The Kier molecular flexibility index (Phi) is 6.88. The highest BCUT2D eigenvalue weighted by Gasteiger charge is 2.63. The van der Waals surface area contributed by atoms with Crippen LogP contribution >= 0.6 is 0 Å². The number of hydrogen-bond acceptors (Lipinski definition) is 5. The second-order valence-electron chi connectivity index (χ2n) is 13.4. The first-order valence-corrected chi connectivity index (χ1v) is 13.6. The van der Waals surface area contributed by atoms with Crippen LogP contribution < -0.4 is 0 Å². The molecule has 4 N–H and O–H groups in total. The van der Waals surface area contributed by atoms with Crippen molar-refractivity contribution in [2.75, 3.05) is 0 Å². The van der Waals surface area contributed by atoms with Crippen molar-refractivity contribution in [1.29, 1.82) is 0 Å². The molecular weight excluding hydrogens is 416 g/mol. The van der Waals surface area contributed by atoms with Gasteiger partial charge < -0.3 is 20.4 Å². The second-order valence-corrected chi connectivity index (χ2v) is 13.4. The van der Waals surface area contributed by atoms with E-state index in [0.717, 1.165) is 25.7 Å². The lowest BCUT2D eigenvalue weighted by Crippen LogP contribution is -2.59. The summed E-state index contributed by atoms with van der Waals surface area (Å²) in [6.07, 6.45) is 2.80. The Bertz CT molecular complexity index is 738. The third kappa shape index (κ3) is 3.93. The minimum absolute atomic E-state index is 0.0158. The Labute approximate surface area is 200 Å². The summed E-state index contributed by atoms with van der Waals surface area (Å²) in [5, 5.41) is 42.8. The molecular formula is C28H48O5. The highest BCUT2D eigenvalue weighted by molar-refractivity contribution is 5.83. The van der Waals surface area contributed by atoms with Gasteiger partial charge in [-0.05, 0) is 90.8 Å². The molecule has 5 heteroatoms. The second kappa shape index (κ2) is 8.87. The Morgan fingerprint density at radius 3 is 2.15 bits per heavy atom. The molecule has 0 aliphatic heterocycles. The van der Waals surface area contributed by atoms with Crippen LogP contribution in [0.2, 0.25) is 0 Å². The van der Waals surface area contributed by atoms with E-state index < -0.39 is 24.4 Å². The molecule has 4 rings (SSSR count). The molecule has 0 aromatic heterocycles. The summed E-state index contributed by atoms with van der Waals surface area (Å²) < 4.78 is 0. The molecule has 0 amide bonds. The molecule has 13 atom stereocenters. The third-order valence-electron chi connectivity index (χ3n) is 11.7. The van der Waals surface area contributed by atoms with E-state index in [4.69, 9.17) is 0 Å². The fourth-order valence-electron chi connectivity index (χ4n) is 9.23. The van der Waals surface area contributed by atoms with Crippen molar-refractivity contribution in [1.82, 2.24) is 0 Å². The van der Waals surface area contributed by atoms with Gasteiger partial charge in [0, 0.05) is 12.3 Å². The van der Waals surface area contributed by atoms with E-state index in [1.54, 1.807) is 0 Å². The predicted molar refractivity (Wildman–Crippen MR) is 128 cm³/mol. The highest BCUT2D eigenvalue weighted by Crippen LogP contribution is 2.67. The first-order valence-electron chi connectivity index (χ1n) is 13.6. The fourth-order valence-corrected chi connectivity index (χ4v) is 9.23. The van der Waals surface area contributed by atoms with Gasteiger partial charge in [-0.25, -0.2) is 0 Å². The largest absolute Gasteiger partial charge is 0.390 e. The molecule has 0 bridgehead atoms. The van der Waals surface area contributed by atoms with Crippen molar-refractivity contribution in [3.8, 4) is 0 Å². The quantitative estimate of drug-likeness (QED) is 0.496. The van der Waals surface area contributed by atoms with Crippen LogP contribution in [0.25, 0.3) is 0 Å². The van der Waals surface area contributed by atoms with Crippen molar-refractivity contribution in [2.24, 2.45) is 58.2 Å².